The Kier molecular flexibility index (Phi) is 6.07. The molecule has 0 aliphatic carbocycles. The Hall–Kier alpha value is -2.49. The molecule has 4 heteroatoms. The molecule has 0 aliphatic rings. The van der Waals surface area contributed by atoms with Crippen molar-refractivity contribution in [2.24, 2.45) is 0 Å². The predicted molar refractivity (Wildman–Crippen MR) is 100 cm³/mol. The fourth-order valence-electron chi connectivity index (χ4n) is 2.34. The van der Waals surface area contributed by atoms with Gasteiger partial charge in [-0.25, -0.2) is 0 Å². The monoisotopic (exact) mass is 341 g/mol. The molecule has 1 amide bonds. The summed E-state index contributed by atoms with van der Waals surface area (Å²) in [5.74, 6) is 1.42. The second-order valence-electron chi connectivity index (χ2n) is 7.06. The second-order valence-corrected chi connectivity index (χ2v) is 7.06. The lowest BCUT2D eigenvalue weighted by atomic mass is 10.1. The summed E-state index contributed by atoms with van der Waals surface area (Å²) in [5.41, 5.74) is 2.35. The third-order valence-corrected chi connectivity index (χ3v) is 3.53. The molecule has 4 nitrogen and oxygen atoms in total. The van der Waals surface area contributed by atoms with Crippen LogP contribution >= 0.6 is 0 Å². The Labute approximate surface area is 150 Å². The quantitative estimate of drug-likeness (QED) is 0.841. The Morgan fingerprint density at radius 2 is 1.72 bits per heavy atom. The number of carbonyl (C=O) groups excluding carboxylic acids is 1. The maximum Gasteiger partial charge on any atom is 0.251 e. The van der Waals surface area contributed by atoms with Crippen LogP contribution in [-0.2, 0) is 6.61 Å². The van der Waals surface area contributed by atoms with Crippen LogP contribution in [0.25, 0.3) is 0 Å². The summed E-state index contributed by atoms with van der Waals surface area (Å²) in [6.07, 6.45) is 0. The van der Waals surface area contributed by atoms with Crippen molar-refractivity contribution < 1.29 is 14.3 Å². The van der Waals surface area contributed by atoms with E-state index >= 15 is 0 Å². The minimum atomic E-state index is -0.283. The zero-order valence-corrected chi connectivity index (χ0v) is 15.7. The minimum Gasteiger partial charge on any atom is -0.493 e. The smallest absolute Gasteiger partial charge is 0.251 e. The molecule has 2 aromatic carbocycles. The summed E-state index contributed by atoms with van der Waals surface area (Å²) >= 11 is 0. The zero-order valence-electron chi connectivity index (χ0n) is 15.7. The Morgan fingerprint density at radius 1 is 1.04 bits per heavy atom. The van der Waals surface area contributed by atoms with Crippen molar-refractivity contribution in [2.75, 3.05) is 6.61 Å². The van der Waals surface area contributed by atoms with Crippen LogP contribution < -0.4 is 14.8 Å². The number of rotatable bonds is 6. The minimum absolute atomic E-state index is 0.105. The molecule has 1 N–H and O–H groups in total. The molecule has 0 saturated carbocycles. The van der Waals surface area contributed by atoms with Gasteiger partial charge in [0.05, 0.1) is 6.61 Å². The largest absolute Gasteiger partial charge is 0.493 e. The first-order valence-corrected chi connectivity index (χ1v) is 8.56. The molecule has 2 rings (SSSR count). The molecule has 0 radical (unpaired) electrons. The van der Waals surface area contributed by atoms with E-state index in [4.69, 9.17) is 9.47 Å². The molecule has 134 valence electrons. The van der Waals surface area contributed by atoms with Crippen LogP contribution in [0.1, 0.15) is 49.2 Å². The van der Waals surface area contributed by atoms with Gasteiger partial charge in [-0.05, 0) is 65.0 Å². The van der Waals surface area contributed by atoms with Crippen LogP contribution in [0.15, 0.2) is 42.5 Å². The first-order valence-electron chi connectivity index (χ1n) is 8.56. The van der Waals surface area contributed by atoms with E-state index in [2.05, 4.69) is 5.32 Å². The van der Waals surface area contributed by atoms with Gasteiger partial charge in [0.25, 0.3) is 5.91 Å². The standard InChI is InChI=1S/C21H27NO3/c1-6-24-19-12-9-16(20(23)22-21(3,4)5)13-17(19)14-25-18-10-7-15(2)8-11-18/h7-13H,6,14H2,1-5H3,(H,22,23). The highest BCUT2D eigenvalue weighted by atomic mass is 16.5. The average Bonchev–Trinajstić information content (AvgIpc) is 2.54. The normalized spacial score (nSPS) is 11.1. The molecule has 0 unspecified atom stereocenters. The van der Waals surface area contributed by atoms with Crippen LogP contribution in [0.5, 0.6) is 11.5 Å². The molecule has 0 atom stereocenters. The van der Waals surface area contributed by atoms with Crippen LogP contribution in [-0.4, -0.2) is 18.1 Å². The van der Waals surface area contributed by atoms with Gasteiger partial charge in [0.15, 0.2) is 0 Å². The highest BCUT2D eigenvalue weighted by Crippen LogP contribution is 2.23. The van der Waals surface area contributed by atoms with E-state index in [9.17, 15) is 4.79 Å². The summed E-state index contributed by atoms with van der Waals surface area (Å²) in [7, 11) is 0. The topological polar surface area (TPSA) is 47.6 Å². The fraction of sp³-hybridized carbons (Fsp3) is 0.381. The van der Waals surface area contributed by atoms with Gasteiger partial charge in [-0.15, -0.1) is 0 Å². The van der Waals surface area contributed by atoms with E-state index in [-0.39, 0.29) is 11.4 Å². The summed E-state index contributed by atoms with van der Waals surface area (Å²) in [6.45, 7) is 10.8. The average molecular weight is 341 g/mol. The Morgan fingerprint density at radius 3 is 2.32 bits per heavy atom. The fourth-order valence-corrected chi connectivity index (χ4v) is 2.34. The molecular formula is C21H27NO3. The SMILES string of the molecule is CCOc1ccc(C(=O)NC(C)(C)C)cc1COc1ccc(C)cc1. The number of ether oxygens (including phenoxy) is 2. The highest BCUT2D eigenvalue weighted by molar-refractivity contribution is 5.95. The molecule has 2 aromatic rings. The number of hydrogen-bond donors (Lipinski definition) is 1. The van der Waals surface area contributed by atoms with Crippen molar-refractivity contribution in [2.45, 2.75) is 46.8 Å². The van der Waals surface area contributed by atoms with E-state index in [0.29, 0.717) is 18.8 Å². The summed E-state index contributed by atoms with van der Waals surface area (Å²) in [4.78, 5) is 12.4. The van der Waals surface area contributed by atoms with E-state index in [1.807, 2.05) is 71.0 Å². The lowest BCUT2D eigenvalue weighted by Crippen LogP contribution is -2.40. The maximum absolute atomic E-state index is 12.4. The molecule has 25 heavy (non-hydrogen) atoms. The number of carbonyl (C=O) groups is 1. The van der Waals surface area contributed by atoms with Crippen molar-refractivity contribution in [3.8, 4) is 11.5 Å². The molecule has 0 aliphatic heterocycles. The lowest BCUT2D eigenvalue weighted by molar-refractivity contribution is 0.0919. The maximum atomic E-state index is 12.4. The molecule has 0 aromatic heterocycles. The first kappa shape index (κ1) is 18.8. The van der Waals surface area contributed by atoms with Gasteiger partial charge < -0.3 is 14.8 Å². The molecule has 0 heterocycles. The van der Waals surface area contributed by atoms with E-state index in [1.165, 1.54) is 5.56 Å². The molecular weight excluding hydrogens is 314 g/mol. The lowest BCUT2D eigenvalue weighted by Gasteiger charge is -2.21. The molecule has 0 saturated heterocycles. The Bertz CT molecular complexity index is 715. The molecule has 0 fully saturated rings. The van der Waals surface area contributed by atoms with Crippen LogP contribution in [0.2, 0.25) is 0 Å². The first-order chi connectivity index (χ1) is 11.8. The van der Waals surface area contributed by atoms with Gasteiger partial charge in [0.1, 0.15) is 18.1 Å². The van der Waals surface area contributed by atoms with Crippen molar-refractivity contribution >= 4 is 5.91 Å². The number of nitrogens with one attached hydrogen (secondary N) is 1. The third kappa shape index (κ3) is 5.82. The van der Waals surface area contributed by atoms with Crippen LogP contribution in [0.4, 0.5) is 0 Å². The van der Waals surface area contributed by atoms with Gasteiger partial charge in [-0.3, -0.25) is 4.79 Å². The second kappa shape index (κ2) is 8.06. The van der Waals surface area contributed by atoms with Gasteiger partial charge in [-0.2, -0.15) is 0 Å². The highest BCUT2D eigenvalue weighted by Gasteiger charge is 2.17. The number of aryl methyl sites for hydroxylation is 1. The van der Waals surface area contributed by atoms with Crippen molar-refractivity contribution in [1.29, 1.82) is 0 Å². The van der Waals surface area contributed by atoms with E-state index in [0.717, 1.165) is 17.1 Å². The van der Waals surface area contributed by atoms with Crippen molar-refractivity contribution in [1.82, 2.24) is 5.32 Å². The van der Waals surface area contributed by atoms with Gasteiger partial charge >= 0.3 is 0 Å². The number of hydrogen-bond acceptors (Lipinski definition) is 3. The number of amides is 1. The summed E-state index contributed by atoms with van der Waals surface area (Å²) in [5, 5.41) is 2.97. The Balaban J connectivity index is 2.19. The summed E-state index contributed by atoms with van der Waals surface area (Å²) < 4.78 is 11.5. The van der Waals surface area contributed by atoms with Crippen molar-refractivity contribution in [3.63, 3.8) is 0 Å². The molecule has 0 spiro atoms. The van der Waals surface area contributed by atoms with Gasteiger partial charge in [-0.1, -0.05) is 17.7 Å². The van der Waals surface area contributed by atoms with E-state index in [1.54, 1.807) is 6.07 Å². The summed E-state index contributed by atoms with van der Waals surface area (Å²) in [6, 6.07) is 13.3. The predicted octanol–water partition coefficient (Wildman–Crippen LogP) is 4.50. The van der Waals surface area contributed by atoms with Gasteiger partial charge in [0.2, 0.25) is 0 Å². The van der Waals surface area contributed by atoms with Crippen LogP contribution in [0.3, 0.4) is 0 Å². The van der Waals surface area contributed by atoms with E-state index < -0.39 is 0 Å². The zero-order chi connectivity index (χ0) is 18.4. The third-order valence-electron chi connectivity index (χ3n) is 3.53. The van der Waals surface area contributed by atoms with Crippen molar-refractivity contribution in [3.05, 3.63) is 59.2 Å². The van der Waals surface area contributed by atoms with Gasteiger partial charge in [0, 0.05) is 16.7 Å². The van der Waals surface area contributed by atoms with Crippen LogP contribution in [0, 0.1) is 6.92 Å². The molecule has 0 bridgehead atoms. The number of benzene rings is 2.